The van der Waals surface area contributed by atoms with Crippen LogP contribution < -0.4 is 0 Å². The smallest absolute Gasteiger partial charge is 0.102 e. The van der Waals surface area contributed by atoms with Crippen LogP contribution in [-0.2, 0) is 0 Å². The summed E-state index contributed by atoms with van der Waals surface area (Å²) < 4.78 is 0. The summed E-state index contributed by atoms with van der Waals surface area (Å²) in [4.78, 5) is 3.16. The predicted octanol–water partition coefficient (Wildman–Crippen LogP) is 3.37. The maximum atomic E-state index is 8.84. The number of nitrogens with one attached hydrogen (secondary N) is 1. The number of nitrogens with zero attached hydrogens (tertiary/aromatic N) is 1. The topological polar surface area (TPSA) is 39.6 Å². The van der Waals surface area contributed by atoms with Crippen molar-refractivity contribution in [3.63, 3.8) is 0 Å². The molecule has 0 fully saturated rings. The van der Waals surface area contributed by atoms with Gasteiger partial charge in [-0.3, -0.25) is 0 Å². The Bertz CT molecular complexity index is 461. The first-order chi connectivity index (χ1) is 6.83. The van der Waals surface area contributed by atoms with E-state index in [0.717, 1.165) is 22.2 Å². The number of hydrogen-bond donors (Lipinski definition) is 1. The third-order valence-corrected chi connectivity index (χ3v) is 2.01. The van der Waals surface area contributed by atoms with Crippen LogP contribution in [0.2, 0.25) is 0 Å². The van der Waals surface area contributed by atoms with E-state index in [-0.39, 0.29) is 0 Å². The number of aromatic amines is 1. The molecule has 0 aliphatic carbocycles. The van der Waals surface area contributed by atoms with Crippen molar-refractivity contribution in [2.75, 3.05) is 0 Å². The molecular formula is C12H14N2. The van der Waals surface area contributed by atoms with Crippen molar-refractivity contribution in [3.8, 4) is 6.07 Å². The maximum Gasteiger partial charge on any atom is 0.102 e. The van der Waals surface area contributed by atoms with Gasteiger partial charge in [0.15, 0.2) is 0 Å². The number of fused-ring (bicyclic) bond motifs is 1. The van der Waals surface area contributed by atoms with Crippen molar-refractivity contribution < 1.29 is 0 Å². The van der Waals surface area contributed by atoms with Gasteiger partial charge in [0, 0.05) is 16.6 Å². The fraction of sp³-hybridized carbons (Fsp3) is 0.250. The minimum atomic E-state index is 0.755. The Morgan fingerprint density at radius 2 is 1.86 bits per heavy atom. The monoisotopic (exact) mass is 186 g/mol. The van der Waals surface area contributed by atoms with E-state index in [0.29, 0.717) is 0 Å². The lowest BCUT2D eigenvalue weighted by Gasteiger charge is -1.85. The first-order valence-corrected chi connectivity index (χ1v) is 4.80. The van der Waals surface area contributed by atoms with Crippen LogP contribution >= 0.6 is 0 Å². The molecule has 0 amide bonds. The van der Waals surface area contributed by atoms with Gasteiger partial charge >= 0.3 is 0 Å². The number of nitriles is 1. The lowest BCUT2D eigenvalue weighted by atomic mass is 10.1. The van der Waals surface area contributed by atoms with Crippen LogP contribution in [0.25, 0.3) is 10.9 Å². The van der Waals surface area contributed by atoms with Crippen LogP contribution in [0.4, 0.5) is 0 Å². The molecule has 2 nitrogen and oxygen atoms in total. The van der Waals surface area contributed by atoms with Crippen LogP contribution in [0.3, 0.4) is 0 Å². The Kier molecular flexibility index (Phi) is 3.30. The zero-order chi connectivity index (χ0) is 10.6. The minimum absolute atomic E-state index is 0.755. The summed E-state index contributed by atoms with van der Waals surface area (Å²) in [5.74, 6) is 0. The molecule has 1 aromatic carbocycles. The van der Waals surface area contributed by atoms with Crippen molar-refractivity contribution >= 4 is 10.9 Å². The number of aryl methyl sites for hydroxylation is 1. The molecule has 0 radical (unpaired) electrons. The zero-order valence-electron chi connectivity index (χ0n) is 8.76. The fourth-order valence-corrected chi connectivity index (χ4v) is 1.42. The van der Waals surface area contributed by atoms with Gasteiger partial charge in [-0.05, 0) is 13.0 Å². The highest BCUT2D eigenvalue weighted by Crippen LogP contribution is 2.20. The molecule has 2 rings (SSSR count). The first kappa shape index (κ1) is 10.3. The fourth-order valence-electron chi connectivity index (χ4n) is 1.42. The van der Waals surface area contributed by atoms with Crippen molar-refractivity contribution in [2.24, 2.45) is 0 Å². The Morgan fingerprint density at radius 1 is 1.21 bits per heavy atom. The average Bonchev–Trinajstić information content (AvgIpc) is 2.56. The second-order valence-electron chi connectivity index (χ2n) is 2.78. The SMILES string of the molecule is CC.Cc1[nH]c2ccccc2c1C#N. The van der Waals surface area contributed by atoms with E-state index < -0.39 is 0 Å². The van der Waals surface area contributed by atoms with E-state index in [2.05, 4.69) is 11.1 Å². The van der Waals surface area contributed by atoms with Crippen LogP contribution in [-0.4, -0.2) is 4.98 Å². The number of hydrogen-bond acceptors (Lipinski definition) is 1. The summed E-state index contributed by atoms with van der Waals surface area (Å²) in [6.07, 6.45) is 0. The van der Waals surface area contributed by atoms with Gasteiger partial charge in [0.1, 0.15) is 6.07 Å². The Hall–Kier alpha value is -1.75. The van der Waals surface area contributed by atoms with Gasteiger partial charge in [-0.25, -0.2) is 0 Å². The van der Waals surface area contributed by atoms with Crippen LogP contribution in [0, 0.1) is 18.3 Å². The molecule has 0 spiro atoms. The number of H-pyrrole nitrogens is 1. The van der Waals surface area contributed by atoms with Crippen molar-refractivity contribution in [3.05, 3.63) is 35.5 Å². The highest BCUT2D eigenvalue weighted by atomic mass is 14.7. The minimum Gasteiger partial charge on any atom is -0.358 e. The number of rotatable bonds is 0. The van der Waals surface area contributed by atoms with Crippen molar-refractivity contribution in [1.82, 2.24) is 4.98 Å². The predicted molar refractivity (Wildman–Crippen MR) is 59.1 cm³/mol. The largest absolute Gasteiger partial charge is 0.358 e. The summed E-state index contributed by atoms with van der Waals surface area (Å²) >= 11 is 0. The molecular weight excluding hydrogens is 172 g/mol. The van der Waals surface area contributed by atoms with Crippen LogP contribution in [0.5, 0.6) is 0 Å². The summed E-state index contributed by atoms with van der Waals surface area (Å²) in [7, 11) is 0. The van der Waals surface area contributed by atoms with Gasteiger partial charge in [0.25, 0.3) is 0 Å². The molecule has 14 heavy (non-hydrogen) atoms. The molecule has 0 unspecified atom stereocenters. The number of benzene rings is 1. The molecule has 0 saturated carbocycles. The van der Waals surface area contributed by atoms with Crippen molar-refractivity contribution in [1.29, 1.82) is 5.26 Å². The number of aromatic nitrogens is 1. The van der Waals surface area contributed by atoms with Gasteiger partial charge in [0.05, 0.1) is 5.56 Å². The molecule has 1 aromatic heterocycles. The molecule has 2 aromatic rings. The van der Waals surface area contributed by atoms with E-state index in [4.69, 9.17) is 5.26 Å². The molecule has 0 saturated heterocycles. The molecule has 0 aliphatic rings. The molecule has 1 N–H and O–H groups in total. The lowest BCUT2D eigenvalue weighted by molar-refractivity contribution is 1.28. The summed E-state index contributed by atoms with van der Waals surface area (Å²) in [5.41, 5.74) is 2.73. The molecule has 1 heterocycles. The van der Waals surface area contributed by atoms with E-state index >= 15 is 0 Å². The molecule has 0 aliphatic heterocycles. The highest BCUT2D eigenvalue weighted by molar-refractivity contribution is 5.86. The van der Waals surface area contributed by atoms with Gasteiger partial charge < -0.3 is 4.98 Å². The normalized spacial score (nSPS) is 9.00. The van der Waals surface area contributed by atoms with Gasteiger partial charge in [0.2, 0.25) is 0 Å². The highest BCUT2D eigenvalue weighted by Gasteiger charge is 2.05. The van der Waals surface area contributed by atoms with Gasteiger partial charge in [-0.15, -0.1) is 0 Å². The second kappa shape index (κ2) is 4.48. The molecule has 0 atom stereocenters. The standard InChI is InChI=1S/C10H8N2.C2H6/c1-7-9(6-11)8-4-2-3-5-10(8)12-7;1-2/h2-5,12H,1H3;1-2H3. The summed E-state index contributed by atoms with van der Waals surface area (Å²) in [6.45, 7) is 5.92. The van der Waals surface area contributed by atoms with Gasteiger partial charge in [-0.1, -0.05) is 32.0 Å². The summed E-state index contributed by atoms with van der Waals surface area (Å²) in [5, 5.41) is 9.85. The number of para-hydroxylation sites is 1. The average molecular weight is 186 g/mol. The van der Waals surface area contributed by atoms with Crippen LogP contribution in [0.15, 0.2) is 24.3 Å². The molecule has 0 bridgehead atoms. The third kappa shape index (κ3) is 1.62. The van der Waals surface area contributed by atoms with Gasteiger partial charge in [-0.2, -0.15) is 5.26 Å². The lowest BCUT2D eigenvalue weighted by Crippen LogP contribution is -1.73. The first-order valence-electron chi connectivity index (χ1n) is 4.80. The molecule has 72 valence electrons. The second-order valence-corrected chi connectivity index (χ2v) is 2.78. The summed E-state index contributed by atoms with van der Waals surface area (Å²) in [6, 6.07) is 10.0. The van der Waals surface area contributed by atoms with E-state index in [1.165, 1.54) is 0 Å². The van der Waals surface area contributed by atoms with E-state index in [9.17, 15) is 0 Å². The van der Waals surface area contributed by atoms with Crippen molar-refractivity contribution in [2.45, 2.75) is 20.8 Å². The Labute approximate surface area is 84.2 Å². The third-order valence-electron chi connectivity index (χ3n) is 2.01. The quantitative estimate of drug-likeness (QED) is 0.673. The Morgan fingerprint density at radius 3 is 2.50 bits per heavy atom. The maximum absolute atomic E-state index is 8.84. The van der Waals surface area contributed by atoms with E-state index in [1.54, 1.807) is 0 Å². The Balaban J connectivity index is 0.000000461. The van der Waals surface area contributed by atoms with E-state index in [1.807, 2.05) is 45.0 Å². The van der Waals surface area contributed by atoms with Crippen LogP contribution in [0.1, 0.15) is 25.1 Å². The zero-order valence-corrected chi connectivity index (χ0v) is 8.76. The molecule has 2 heteroatoms.